The Morgan fingerprint density at radius 3 is 2.56 bits per heavy atom. The molecular formula is C21H18ClF3N2O3S2. The lowest BCUT2D eigenvalue weighted by molar-refractivity contribution is -0.137. The summed E-state index contributed by atoms with van der Waals surface area (Å²) < 4.78 is 64.4. The lowest BCUT2D eigenvalue weighted by Gasteiger charge is -2.25. The third-order valence-corrected chi connectivity index (χ3v) is 8.83. The van der Waals surface area contributed by atoms with E-state index in [1.165, 1.54) is 11.0 Å². The molecule has 0 spiro atoms. The lowest BCUT2D eigenvalue weighted by atomic mass is 10.1. The van der Waals surface area contributed by atoms with Crippen LogP contribution in [0.4, 0.5) is 18.9 Å². The van der Waals surface area contributed by atoms with Gasteiger partial charge in [0.25, 0.3) is 0 Å². The molecule has 0 aliphatic carbocycles. The van der Waals surface area contributed by atoms with Gasteiger partial charge in [-0.25, -0.2) is 8.42 Å². The maximum Gasteiger partial charge on any atom is 0.417 e. The van der Waals surface area contributed by atoms with Gasteiger partial charge in [0.15, 0.2) is 15.0 Å². The topological polar surface area (TPSA) is 66.8 Å². The third kappa shape index (κ3) is 4.97. The molecule has 2 unspecified atom stereocenters. The number of halogens is 4. The monoisotopic (exact) mass is 502 g/mol. The highest BCUT2D eigenvalue weighted by Gasteiger charge is 2.49. The Hall–Kier alpha value is -2.04. The van der Waals surface area contributed by atoms with Gasteiger partial charge in [-0.05, 0) is 30.2 Å². The second-order valence-corrected chi connectivity index (χ2v) is 11.4. The molecule has 32 heavy (non-hydrogen) atoms. The van der Waals surface area contributed by atoms with Crippen LogP contribution in [-0.2, 0) is 27.2 Å². The van der Waals surface area contributed by atoms with Crippen LogP contribution in [0.15, 0.2) is 53.5 Å². The average molecular weight is 503 g/mol. The fourth-order valence-corrected chi connectivity index (χ4v) is 7.96. The Bertz CT molecular complexity index is 1170. The quantitative estimate of drug-likeness (QED) is 0.611. The molecule has 2 aromatic rings. The normalized spacial score (nSPS) is 23.5. The molecule has 2 aromatic carbocycles. The number of hydrogen-bond acceptors (Lipinski definition) is 4. The zero-order valence-corrected chi connectivity index (χ0v) is 18.9. The van der Waals surface area contributed by atoms with Gasteiger partial charge in [0, 0.05) is 17.4 Å². The first kappa shape index (κ1) is 23.1. The van der Waals surface area contributed by atoms with Crippen molar-refractivity contribution in [2.24, 2.45) is 4.99 Å². The molecule has 5 nitrogen and oxygen atoms in total. The summed E-state index contributed by atoms with van der Waals surface area (Å²) in [6.07, 6.45) is -4.07. The zero-order valence-electron chi connectivity index (χ0n) is 16.5. The van der Waals surface area contributed by atoms with Crippen LogP contribution in [0.5, 0.6) is 0 Å². The molecule has 170 valence electrons. The van der Waals surface area contributed by atoms with E-state index in [0.29, 0.717) is 6.42 Å². The Kier molecular flexibility index (Phi) is 6.30. The van der Waals surface area contributed by atoms with Crippen molar-refractivity contribution in [2.75, 3.05) is 16.4 Å². The number of aliphatic imine (C=N–C) groups is 1. The summed E-state index contributed by atoms with van der Waals surface area (Å²) in [4.78, 5) is 18.1. The summed E-state index contributed by atoms with van der Waals surface area (Å²) in [5.74, 6) is -0.754. The number of alkyl halides is 3. The second-order valence-electron chi connectivity index (χ2n) is 7.61. The first-order valence-corrected chi connectivity index (χ1v) is 12.8. The number of carbonyl (C=O) groups is 1. The van der Waals surface area contributed by atoms with Crippen LogP contribution >= 0.6 is 23.4 Å². The number of anilines is 1. The summed E-state index contributed by atoms with van der Waals surface area (Å²) >= 11 is 6.86. The van der Waals surface area contributed by atoms with Crippen LogP contribution in [0.25, 0.3) is 0 Å². The molecule has 2 atom stereocenters. The zero-order chi connectivity index (χ0) is 23.1. The number of benzene rings is 2. The number of carbonyl (C=O) groups excluding carboxylic acids is 1. The fourth-order valence-electron chi connectivity index (χ4n) is 3.81. The van der Waals surface area contributed by atoms with Gasteiger partial charge in [-0.15, -0.1) is 0 Å². The summed E-state index contributed by atoms with van der Waals surface area (Å²) in [6, 6.07) is 12.1. The number of fused-ring (bicyclic) bond motifs is 1. The number of hydrogen-bond donors (Lipinski definition) is 0. The molecule has 0 saturated carbocycles. The molecule has 0 N–H and O–H groups in total. The number of amidine groups is 1. The molecule has 0 aromatic heterocycles. The summed E-state index contributed by atoms with van der Waals surface area (Å²) in [7, 11) is -3.34. The van der Waals surface area contributed by atoms with Gasteiger partial charge in [-0.1, -0.05) is 53.7 Å². The standard InChI is InChI=1S/C21H18ClF3N2O3S2/c22-16-8-7-14(10-15(16)21(23,24)25)27-17-11-32(29,30)12-18(17)31-20(27)26-19(28)9-6-13-4-2-1-3-5-13/h1-5,7-8,10,17-18H,6,9,11-12H2. The highest BCUT2D eigenvalue weighted by atomic mass is 35.5. The Morgan fingerprint density at radius 2 is 1.88 bits per heavy atom. The van der Waals surface area contributed by atoms with Crippen molar-refractivity contribution in [1.29, 1.82) is 0 Å². The molecule has 1 amide bonds. The van der Waals surface area contributed by atoms with Crippen molar-refractivity contribution >= 4 is 50.0 Å². The number of rotatable bonds is 4. The van der Waals surface area contributed by atoms with Gasteiger partial charge >= 0.3 is 6.18 Å². The van der Waals surface area contributed by atoms with E-state index in [0.717, 1.165) is 29.5 Å². The van der Waals surface area contributed by atoms with E-state index < -0.39 is 43.8 Å². The van der Waals surface area contributed by atoms with Crippen LogP contribution in [0.2, 0.25) is 5.02 Å². The molecule has 0 bridgehead atoms. The molecule has 0 radical (unpaired) electrons. The predicted octanol–water partition coefficient (Wildman–Crippen LogP) is 4.59. The van der Waals surface area contributed by atoms with Crippen LogP contribution in [0.3, 0.4) is 0 Å². The van der Waals surface area contributed by atoms with Crippen LogP contribution in [-0.4, -0.2) is 42.3 Å². The van der Waals surface area contributed by atoms with Crippen molar-refractivity contribution < 1.29 is 26.4 Å². The minimum Gasteiger partial charge on any atom is -0.316 e. The maximum absolute atomic E-state index is 13.4. The first-order chi connectivity index (χ1) is 15.0. The fraction of sp³-hybridized carbons (Fsp3) is 0.333. The van der Waals surface area contributed by atoms with Crippen LogP contribution < -0.4 is 4.90 Å². The number of amides is 1. The van der Waals surface area contributed by atoms with Crippen molar-refractivity contribution in [1.82, 2.24) is 0 Å². The molecule has 4 rings (SSSR count). The molecule has 2 heterocycles. The van der Waals surface area contributed by atoms with Crippen molar-refractivity contribution in [3.63, 3.8) is 0 Å². The lowest BCUT2D eigenvalue weighted by Crippen LogP contribution is -2.37. The summed E-state index contributed by atoms with van der Waals surface area (Å²) in [5.41, 5.74) is 0.0432. The van der Waals surface area contributed by atoms with E-state index in [2.05, 4.69) is 4.99 Å². The minimum atomic E-state index is -4.68. The van der Waals surface area contributed by atoms with Crippen LogP contribution in [0, 0.1) is 0 Å². The smallest absolute Gasteiger partial charge is 0.316 e. The van der Waals surface area contributed by atoms with Gasteiger partial charge in [-0.3, -0.25) is 4.79 Å². The number of sulfone groups is 1. The van der Waals surface area contributed by atoms with Crippen LogP contribution in [0.1, 0.15) is 17.5 Å². The van der Waals surface area contributed by atoms with Gasteiger partial charge in [-0.2, -0.15) is 18.2 Å². The van der Waals surface area contributed by atoms with E-state index >= 15 is 0 Å². The van der Waals surface area contributed by atoms with Crippen molar-refractivity contribution in [3.05, 3.63) is 64.7 Å². The van der Waals surface area contributed by atoms with E-state index in [4.69, 9.17) is 11.6 Å². The molecule has 2 aliphatic heterocycles. The minimum absolute atomic E-state index is 0.105. The van der Waals surface area contributed by atoms with E-state index in [9.17, 15) is 26.4 Å². The molecule has 11 heteroatoms. The molecule has 2 saturated heterocycles. The van der Waals surface area contributed by atoms with Gasteiger partial charge in [0.2, 0.25) is 5.91 Å². The number of thioether (sulfide) groups is 1. The Morgan fingerprint density at radius 1 is 1.16 bits per heavy atom. The summed E-state index contributed by atoms with van der Waals surface area (Å²) in [5, 5.41) is -0.657. The van der Waals surface area contributed by atoms with E-state index in [1.807, 2.05) is 30.3 Å². The first-order valence-electron chi connectivity index (χ1n) is 9.72. The third-order valence-electron chi connectivity index (χ3n) is 5.29. The van der Waals surface area contributed by atoms with Crippen molar-refractivity contribution in [2.45, 2.75) is 30.3 Å². The predicted molar refractivity (Wildman–Crippen MR) is 120 cm³/mol. The molecule has 2 aliphatic rings. The second kappa shape index (κ2) is 8.72. The van der Waals surface area contributed by atoms with Gasteiger partial charge < -0.3 is 4.90 Å². The average Bonchev–Trinajstić information content (AvgIpc) is 3.17. The van der Waals surface area contributed by atoms with E-state index in [-0.39, 0.29) is 28.8 Å². The maximum atomic E-state index is 13.4. The van der Waals surface area contributed by atoms with E-state index in [1.54, 1.807) is 0 Å². The largest absolute Gasteiger partial charge is 0.417 e. The molecular weight excluding hydrogens is 485 g/mol. The molecule has 2 fully saturated rings. The van der Waals surface area contributed by atoms with Gasteiger partial charge in [0.05, 0.1) is 28.1 Å². The highest BCUT2D eigenvalue weighted by Crippen LogP contribution is 2.43. The Balaban J connectivity index is 1.65. The van der Waals surface area contributed by atoms with Crippen molar-refractivity contribution in [3.8, 4) is 0 Å². The number of aryl methyl sites for hydroxylation is 1. The Labute approximate surface area is 192 Å². The SMILES string of the molecule is O=C(CCc1ccccc1)N=C1SC2CS(=O)(=O)CC2N1c1ccc(Cl)c(C(F)(F)F)c1. The summed E-state index contributed by atoms with van der Waals surface area (Å²) in [6.45, 7) is 0. The van der Waals surface area contributed by atoms with Gasteiger partial charge in [0.1, 0.15) is 0 Å². The number of nitrogens with zero attached hydrogens (tertiary/aromatic N) is 2. The highest BCUT2D eigenvalue weighted by molar-refractivity contribution is 8.16.